The van der Waals surface area contributed by atoms with Crippen LogP contribution in [0.4, 0.5) is 0 Å². The van der Waals surface area contributed by atoms with Crippen molar-refractivity contribution in [2.45, 2.75) is 59.3 Å². The van der Waals surface area contributed by atoms with Crippen LogP contribution >= 0.6 is 0 Å². The van der Waals surface area contributed by atoms with E-state index in [9.17, 15) is 29.4 Å². The molecule has 0 aromatic heterocycles. The number of carboxylic acids is 2. The molecular formula is C22H32O8. The maximum Gasteiger partial charge on any atom is 0.333 e. The minimum atomic E-state index is -1.55. The van der Waals surface area contributed by atoms with Gasteiger partial charge in [-0.05, 0) is 39.5 Å². The fourth-order valence-corrected chi connectivity index (χ4v) is 3.97. The van der Waals surface area contributed by atoms with E-state index in [1.165, 1.54) is 13.8 Å². The van der Waals surface area contributed by atoms with E-state index in [0.717, 1.165) is 0 Å². The first-order valence-electron chi connectivity index (χ1n) is 10.0. The third kappa shape index (κ3) is 5.93. The van der Waals surface area contributed by atoms with Crippen molar-refractivity contribution in [1.82, 2.24) is 0 Å². The molecule has 1 aliphatic carbocycles. The second-order valence-corrected chi connectivity index (χ2v) is 8.34. The topological polar surface area (TPSA) is 127 Å². The fraction of sp³-hybridized carbons (Fsp3) is 0.636. The highest BCUT2D eigenvalue weighted by Gasteiger charge is 2.55. The Balaban J connectivity index is 3.33. The molecule has 0 saturated heterocycles. The molecule has 0 aromatic carbocycles. The van der Waals surface area contributed by atoms with Crippen LogP contribution in [-0.2, 0) is 28.7 Å². The van der Waals surface area contributed by atoms with Gasteiger partial charge >= 0.3 is 23.9 Å². The van der Waals surface area contributed by atoms with Crippen LogP contribution in [0, 0.1) is 16.7 Å². The van der Waals surface area contributed by atoms with Crippen LogP contribution in [0.25, 0.3) is 0 Å². The molecule has 0 aliphatic heterocycles. The Morgan fingerprint density at radius 1 is 1.00 bits per heavy atom. The molecule has 0 spiro atoms. The van der Waals surface area contributed by atoms with Crippen molar-refractivity contribution in [3.8, 4) is 0 Å². The largest absolute Gasteiger partial charge is 0.481 e. The van der Waals surface area contributed by atoms with Gasteiger partial charge in [-0.1, -0.05) is 32.9 Å². The van der Waals surface area contributed by atoms with Crippen LogP contribution in [-0.4, -0.2) is 47.3 Å². The molecule has 2 atom stereocenters. The van der Waals surface area contributed by atoms with Gasteiger partial charge in [-0.25, -0.2) is 9.59 Å². The molecule has 0 heterocycles. The summed E-state index contributed by atoms with van der Waals surface area (Å²) in [6.45, 7) is 11.3. The number of hydrogen-bond acceptors (Lipinski definition) is 6. The van der Waals surface area contributed by atoms with Gasteiger partial charge in [-0.3, -0.25) is 9.59 Å². The molecule has 0 bridgehead atoms. The van der Waals surface area contributed by atoms with E-state index >= 15 is 0 Å². The second kappa shape index (κ2) is 10.4. The highest BCUT2D eigenvalue weighted by atomic mass is 16.5. The summed E-state index contributed by atoms with van der Waals surface area (Å²) in [5, 5.41) is 19.8. The van der Waals surface area contributed by atoms with E-state index in [4.69, 9.17) is 9.47 Å². The van der Waals surface area contributed by atoms with Crippen LogP contribution in [0.1, 0.15) is 59.3 Å². The summed E-state index contributed by atoms with van der Waals surface area (Å²) in [6, 6.07) is 0. The van der Waals surface area contributed by atoms with Gasteiger partial charge in [0.2, 0.25) is 0 Å². The molecular weight excluding hydrogens is 392 g/mol. The zero-order valence-electron chi connectivity index (χ0n) is 18.0. The summed E-state index contributed by atoms with van der Waals surface area (Å²) in [6.07, 6.45) is 1.84. The van der Waals surface area contributed by atoms with Gasteiger partial charge in [0.1, 0.15) is 13.2 Å². The Morgan fingerprint density at radius 2 is 1.50 bits per heavy atom. The normalized spacial score (nSPS) is 21.4. The first kappa shape index (κ1) is 25.4. The highest BCUT2D eigenvalue weighted by Crippen LogP contribution is 2.50. The third-order valence-electron chi connectivity index (χ3n) is 5.91. The molecule has 1 rings (SSSR count). The van der Waals surface area contributed by atoms with Gasteiger partial charge in [0.25, 0.3) is 0 Å². The van der Waals surface area contributed by atoms with E-state index in [2.05, 4.69) is 13.2 Å². The Kier molecular flexibility index (Phi) is 8.81. The van der Waals surface area contributed by atoms with Crippen LogP contribution in [0.5, 0.6) is 0 Å². The number of ether oxygens (including phenoxy) is 2. The Labute approximate surface area is 176 Å². The average molecular weight is 424 g/mol. The van der Waals surface area contributed by atoms with E-state index in [-0.39, 0.29) is 43.6 Å². The Bertz CT molecular complexity index is 693. The predicted octanol–water partition coefficient (Wildman–Crippen LogP) is 3.36. The van der Waals surface area contributed by atoms with Crippen molar-refractivity contribution >= 4 is 23.9 Å². The molecule has 1 aliphatic rings. The number of carboxylic acid groups (broad SMARTS) is 2. The molecule has 1 fully saturated rings. The van der Waals surface area contributed by atoms with E-state index in [0.29, 0.717) is 19.3 Å². The van der Waals surface area contributed by atoms with Crippen molar-refractivity contribution in [2.75, 3.05) is 13.2 Å². The second-order valence-electron chi connectivity index (χ2n) is 8.34. The first-order valence-corrected chi connectivity index (χ1v) is 10.0. The van der Waals surface area contributed by atoms with Crippen LogP contribution < -0.4 is 0 Å². The van der Waals surface area contributed by atoms with Crippen molar-refractivity contribution in [1.29, 1.82) is 0 Å². The molecule has 8 nitrogen and oxygen atoms in total. The van der Waals surface area contributed by atoms with Crippen LogP contribution in [0.2, 0.25) is 0 Å². The molecule has 1 saturated carbocycles. The lowest BCUT2D eigenvalue weighted by molar-refractivity contribution is -0.174. The van der Waals surface area contributed by atoms with Crippen LogP contribution in [0.15, 0.2) is 24.3 Å². The predicted molar refractivity (Wildman–Crippen MR) is 109 cm³/mol. The zero-order chi connectivity index (χ0) is 23.1. The van der Waals surface area contributed by atoms with E-state index in [1.807, 2.05) is 0 Å². The van der Waals surface area contributed by atoms with Gasteiger partial charge in [0.05, 0.1) is 11.3 Å². The maximum absolute atomic E-state index is 12.4. The third-order valence-corrected chi connectivity index (χ3v) is 5.91. The average Bonchev–Trinajstić information content (AvgIpc) is 2.69. The molecule has 0 aromatic rings. The number of esters is 2. The molecule has 2 unspecified atom stereocenters. The SMILES string of the molecule is C=C(C)C(=O)OCC(CC)(COC(=O)C(=C)C)CC1(C(=O)O)CCCCC1C(=O)O. The Hall–Kier alpha value is -2.64. The van der Waals surface area contributed by atoms with E-state index < -0.39 is 40.6 Å². The first-order chi connectivity index (χ1) is 13.9. The monoisotopic (exact) mass is 424 g/mol. The molecule has 30 heavy (non-hydrogen) atoms. The van der Waals surface area contributed by atoms with Crippen molar-refractivity contribution in [3.63, 3.8) is 0 Å². The lowest BCUT2D eigenvalue weighted by Gasteiger charge is -2.45. The number of rotatable bonds is 11. The van der Waals surface area contributed by atoms with Gasteiger partial charge < -0.3 is 19.7 Å². The summed E-state index contributed by atoms with van der Waals surface area (Å²) in [5.74, 6) is -4.75. The summed E-state index contributed by atoms with van der Waals surface area (Å²) < 4.78 is 10.6. The van der Waals surface area contributed by atoms with Crippen molar-refractivity contribution < 1.29 is 38.9 Å². The number of aliphatic carboxylic acids is 2. The lowest BCUT2D eigenvalue weighted by Crippen LogP contribution is -2.50. The van der Waals surface area contributed by atoms with Crippen molar-refractivity contribution in [2.24, 2.45) is 16.7 Å². The van der Waals surface area contributed by atoms with Crippen LogP contribution in [0.3, 0.4) is 0 Å². The minimum absolute atomic E-state index is 0.101. The number of carbonyl (C=O) groups is 4. The Morgan fingerprint density at radius 3 is 1.87 bits per heavy atom. The summed E-state index contributed by atoms with van der Waals surface area (Å²) in [4.78, 5) is 48.2. The van der Waals surface area contributed by atoms with Gasteiger partial charge in [-0.2, -0.15) is 0 Å². The molecule has 0 amide bonds. The maximum atomic E-state index is 12.4. The number of carbonyl (C=O) groups excluding carboxylic acids is 2. The standard InChI is InChI=1S/C22H32O8/c1-6-21(12-29-18(25)14(2)3,13-30-19(26)15(4)5)11-22(20(27)28)10-8-7-9-16(22)17(23)24/h16H,2,4,6-13H2,1,3,5H3,(H,23,24)(H,27,28). The molecule has 0 radical (unpaired) electrons. The highest BCUT2D eigenvalue weighted by molar-refractivity contribution is 5.87. The minimum Gasteiger partial charge on any atom is -0.481 e. The summed E-state index contributed by atoms with van der Waals surface area (Å²) in [7, 11) is 0. The molecule has 8 heteroatoms. The zero-order valence-corrected chi connectivity index (χ0v) is 18.0. The summed E-state index contributed by atoms with van der Waals surface area (Å²) in [5.41, 5.74) is -2.27. The molecule has 168 valence electrons. The quantitative estimate of drug-likeness (QED) is 0.382. The van der Waals surface area contributed by atoms with Crippen molar-refractivity contribution in [3.05, 3.63) is 24.3 Å². The van der Waals surface area contributed by atoms with Gasteiger partial charge in [0.15, 0.2) is 0 Å². The smallest absolute Gasteiger partial charge is 0.333 e. The molecule has 2 N–H and O–H groups in total. The fourth-order valence-electron chi connectivity index (χ4n) is 3.97. The van der Waals surface area contributed by atoms with Gasteiger partial charge in [0, 0.05) is 16.6 Å². The lowest BCUT2D eigenvalue weighted by atomic mass is 9.58. The number of hydrogen-bond donors (Lipinski definition) is 2. The van der Waals surface area contributed by atoms with E-state index in [1.54, 1.807) is 6.92 Å². The summed E-state index contributed by atoms with van der Waals surface area (Å²) >= 11 is 0. The van der Waals surface area contributed by atoms with Gasteiger partial charge in [-0.15, -0.1) is 0 Å².